The Bertz CT molecular complexity index is 811. The number of hydrogen-bond donors (Lipinski definition) is 2. The summed E-state index contributed by atoms with van der Waals surface area (Å²) in [5, 5.41) is 3.48. The molecule has 0 aromatic heterocycles. The predicted molar refractivity (Wildman–Crippen MR) is 129 cm³/mol. The Balaban J connectivity index is 1.84. The van der Waals surface area contributed by atoms with Gasteiger partial charge in [0.05, 0.1) is 4.75 Å². The lowest BCUT2D eigenvalue weighted by molar-refractivity contribution is 0.0643. The Morgan fingerprint density at radius 1 is 1.00 bits per heavy atom. The van der Waals surface area contributed by atoms with Gasteiger partial charge in [-0.3, -0.25) is 4.79 Å². The molecule has 0 bridgehead atoms. The highest BCUT2D eigenvalue weighted by atomic mass is 32.2. The van der Waals surface area contributed by atoms with Gasteiger partial charge in [0.15, 0.2) is 0 Å². The van der Waals surface area contributed by atoms with Crippen molar-refractivity contribution in [2.45, 2.75) is 97.0 Å². The van der Waals surface area contributed by atoms with Crippen LogP contribution in [-0.2, 0) is 10.0 Å². The molecule has 2 rings (SSSR count). The van der Waals surface area contributed by atoms with Crippen molar-refractivity contribution < 1.29 is 13.2 Å². The summed E-state index contributed by atoms with van der Waals surface area (Å²) < 4.78 is 26.8. The zero-order chi connectivity index (χ0) is 23.4. The number of benzene rings is 1. The summed E-state index contributed by atoms with van der Waals surface area (Å²) in [7, 11) is -3.30. The number of sulfonamides is 1. The first-order valence-corrected chi connectivity index (χ1v) is 13.0. The van der Waals surface area contributed by atoms with E-state index in [0.717, 1.165) is 37.9 Å². The van der Waals surface area contributed by atoms with Crippen LogP contribution in [0.5, 0.6) is 0 Å². The van der Waals surface area contributed by atoms with Crippen molar-refractivity contribution in [3.63, 3.8) is 0 Å². The second-order valence-corrected chi connectivity index (χ2v) is 12.8. The molecule has 0 atom stereocenters. The van der Waals surface area contributed by atoms with Gasteiger partial charge in [-0.05, 0) is 104 Å². The van der Waals surface area contributed by atoms with E-state index in [4.69, 9.17) is 0 Å². The van der Waals surface area contributed by atoms with Crippen LogP contribution in [-0.4, -0.2) is 48.6 Å². The summed E-state index contributed by atoms with van der Waals surface area (Å²) in [6.45, 7) is 14.2. The van der Waals surface area contributed by atoms with Crippen LogP contribution in [0.3, 0.4) is 0 Å². The molecule has 0 heterocycles. The molecule has 0 saturated heterocycles. The van der Waals surface area contributed by atoms with Gasteiger partial charge in [-0.15, -0.1) is 0 Å². The van der Waals surface area contributed by atoms with Crippen LogP contribution in [0.25, 0.3) is 0 Å². The highest BCUT2D eigenvalue weighted by molar-refractivity contribution is 7.90. The minimum Gasteiger partial charge on any atom is -0.385 e. The Hall–Kier alpha value is -1.60. The minimum absolute atomic E-state index is 0.0376. The third kappa shape index (κ3) is 6.94. The summed E-state index contributed by atoms with van der Waals surface area (Å²) in [4.78, 5) is 14.7. The molecule has 1 aromatic carbocycles. The van der Waals surface area contributed by atoms with Gasteiger partial charge in [-0.2, -0.15) is 0 Å². The van der Waals surface area contributed by atoms with Crippen molar-refractivity contribution >= 4 is 21.6 Å². The summed E-state index contributed by atoms with van der Waals surface area (Å²) in [5.41, 5.74) is 1.72. The van der Waals surface area contributed by atoms with E-state index in [9.17, 15) is 13.2 Å². The quantitative estimate of drug-likeness (QED) is 0.604. The number of nitrogens with one attached hydrogen (secondary N) is 2. The topological polar surface area (TPSA) is 78.5 Å². The smallest absolute Gasteiger partial charge is 0.254 e. The summed E-state index contributed by atoms with van der Waals surface area (Å²) in [6, 6.07) is 8.07. The number of nitrogens with zero attached hydrogens (tertiary/aromatic N) is 1. The molecule has 1 amide bonds. The Morgan fingerprint density at radius 3 is 1.97 bits per heavy atom. The fraction of sp³-hybridized carbons (Fsp3) is 0.708. The van der Waals surface area contributed by atoms with Crippen LogP contribution in [0.15, 0.2) is 24.3 Å². The minimum atomic E-state index is -3.30. The summed E-state index contributed by atoms with van der Waals surface area (Å²) >= 11 is 0. The first-order chi connectivity index (χ1) is 14.3. The third-order valence-corrected chi connectivity index (χ3v) is 8.30. The fourth-order valence-corrected chi connectivity index (χ4v) is 5.12. The number of carbonyl (C=O) groups is 1. The molecular formula is C24H41N3O3S. The first kappa shape index (κ1) is 25.7. The zero-order valence-electron chi connectivity index (χ0n) is 20.2. The molecule has 0 radical (unpaired) electrons. The second kappa shape index (κ2) is 10.3. The van der Waals surface area contributed by atoms with Crippen molar-refractivity contribution in [3.8, 4) is 0 Å². The normalized spacial score (nSPS) is 20.2. The van der Waals surface area contributed by atoms with Gasteiger partial charge in [0.25, 0.3) is 5.91 Å². The van der Waals surface area contributed by atoms with E-state index in [1.54, 1.807) is 20.8 Å². The van der Waals surface area contributed by atoms with Crippen molar-refractivity contribution in [3.05, 3.63) is 29.8 Å². The molecule has 31 heavy (non-hydrogen) atoms. The maximum Gasteiger partial charge on any atom is 0.254 e. The highest BCUT2D eigenvalue weighted by Gasteiger charge is 2.32. The predicted octanol–water partition coefficient (Wildman–Crippen LogP) is 4.63. The van der Waals surface area contributed by atoms with Crippen LogP contribution < -0.4 is 10.0 Å². The number of carbonyl (C=O) groups excluding carboxylic acids is 1. The molecule has 2 N–H and O–H groups in total. The maximum absolute atomic E-state index is 12.8. The van der Waals surface area contributed by atoms with Crippen LogP contribution >= 0.6 is 0 Å². The summed E-state index contributed by atoms with van der Waals surface area (Å²) in [6.07, 6.45) is 3.74. The average Bonchev–Trinajstić information content (AvgIpc) is 2.66. The lowest BCUT2D eigenvalue weighted by Gasteiger charge is -2.31. The molecule has 1 saturated carbocycles. The van der Waals surface area contributed by atoms with E-state index in [1.807, 2.05) is 56.9 Å². The van der Waals surface area contributed by atoms with Gasteiger partial charge in [0.2, 0.25) is 10.0 Å². The second-order valence-electron chi connectivity index (χ2n) is 10.3. The molecule has 6 nitrogen and oxygen atoms in total. The lowest BCUT2D eigenvalue weighted by Crippen LogP contribution is -2.46. The molecule has 0 unspecified atom stereocenters. The van der Waals surface area contributed by atoms with E-state index < -0.39 is 14.8 Å². The van der Waals surface area contributed by atoms with E-state index in [-0.39, 0.29) is 24.0 Å². The molecule has 1 aliphatic rings. The number of anilines is 1. The maximum atomic E-state index is 12.8. The first-order valence-electron chi connectivity index (χ1n) is 11.5. The zero-order valence-corrected chi connectivity index (χ0v) is 21.1. The fourth-order valence-electron chi connectivity index (χ4n) is 4.09. The molecule has 1 fully saturated rings. The van der Waals surface area contributed by atoms with Crippen molar-refractivity contribution in [2.24, 2.45) is 5.92 Å². The number of hydrogen-bond acceptors (Lipinski definition) is 4. The number of rotatable bonds is 8. The van der Waals surface area contributed by atoms with Gasteiger partial charge in [-0.25, -0.2) is 13.1 Å². The largest absolute Gasteiger partial charge is 0.385 e. The van der Waals surface area contributed by atoms with Crippen molar-refractivity contribution in [1.82, 2.24) is 9.62 Å². The Morgan fingerprint density at radius 2 is 1.52 bits per heavy atom. The Kier molecular flexibility index (Phi) is 8.56. The van der Waals surface area contributed by atoms with Crippen molar-refractivity contribution in [2.75, 3.05) is 11.9 Å². The van der Waals surface area contributed by atoms with Gasteiger partial charge >= 0.3 is 0 Å². The van der Waals surface area contributed by atoms with Crippen LogP contribution in [0.4, 0.5) is 5.69 Å². The van der Waals surface area contributed by atoms with E-state index >= 15 is 0 Å². The average molecular weight is 452 g/mol. The molecule has 1 aromatic rings. The van der Waals surface area contributed by atoms with Gasteiger partial charge in [0, 0.05) is 35.9 Å². The lowest BCUT2D eigenvalue weighted by atomic mass is 9.86. The van der Waals surface area contributed by atoms with Crippen LogP contribution in [0, 0.1) is 5.92 Å². The van der Waals surface area contributed by atoms with Crippen molar-refractivity contribution in [1.29, 1.82) is 0 Å². The molecule has 1 aliphatic carbocycles. The molecular weight excluding hydrogens is 410 g/mol. The number of amides is 1. The highest BCUT2D eigenvalue weighted by Crippen LogP contribution is 2.27. The van der Waals surface area contributed by atoms with Gasteiger partial charge < -0.3 is 10.2 Å². The monoisotopic (exact) mass is 451 g/mol. The molecule has 7 heteroatoms. The summed E-state index contributed by atoms with van der Waals surface area (Å²) in [5.74, 6) is 0.585. The van der Waals surface area contributed by atoms with Gasteiger partial charge in [-0.1, -0.05) is 0 Å². The molecule has 176 valence electrons. The van der Waals surface area contributed by atoms with E-state index in [0.29, 0.717) is 11.5 Å². The molecule has 0 aliphatic heterocycles. The third-order valence-electron chi connectivity index (χ3n) is 6.05. The van der Waals surface area contributed by atoms with Gasteiger partial charge in [0.1, 0.15) is 0 Å². The van der Waals surface area contributed by atoms with Crippen LogP contribution in [0.1, 0.15) is 84.5 Å². The van der Waals surface area contributed by atoms with Crippen LogP contribution in [0.2, 0.25) is 0 Å². The SMILES string of the molecule is CC(C)N(C(=O)c1ccc(NCC2CCC(NS(=O)(=O)C(C)(C)C)CC2)cc1)C(C)C. The Labute approximate surface area is 189 Å². The standard InChI is InChI=1S/C24H41N3O3S/c1-17(2)27(18(3)4)23(28)20-10-14-21(15-11-20)25-16-19-8-12-22(13-9-19)26-31(29,30)24(5,6)7/h10-11,14-15,17-19,22,25-26H,8-9,12-13,16H2,1-7H3. The van der Waals surface area contributed by atoms with E-state index in [1.165, 1.54) is 0 Å². The van der Waals surface area contributed by atoms with E-state index in [2.05, 4.69) is 10.0 Å². The molecule has 0 spiro atoms.